The fourth-order valence-electron chi connectivity index (χ4n) is 4.97. The van der Waals surface area contributed by atoms with Gasteiger partial charge < -0.3 is 4.90 Å². The molecule has 2 aromatic rings. The monoisotopic (exact) mass is 393 g/mol. The summed E-state index contributed by atoms with van der Waals surface area (Å²) in [5.41, 5.74) is 5.12. The Labute approximate surface area is 175 Å². The molecule has 0 aromatic carbocycles. The molecule has 156 valence electrons. The van der Waals surface area contributed by atoms with Gasteiger partial charge in [0.15, 0.2) is 0 Å². The fraction of sp³-hybridized carbons (Fsp3) is 0.583. The molecule has 2 fully saturated rings. The Hall–Kier alpha value is -1.82. The van der Waals surface area contributed by atoms with Gasteiger partial charge in [-0.25, -0.2) is 0 Å². The number of rotatable bonds is 5. The minimum absolute atomic E-state index is 0.379. The average Bonchev–Trinajstić information content (AvgIpc) is 2.74. The Balaban J connectivity index is 1.60. The highest BCUT2D eigenvalue weighted by Gasteiger charge is 2.35. The van der Waals surface area contributed by atoms with Crippen LogP contribution in [0.4, 0.5) is 0 Å². The molecule has 0 N–H and O–H groups in total. The van der Waals surface area contributed by atoms with Crippen molar-refractivity contribution in [2.75, 3.05) is 46.3 Å². The van der Waals surface area contributed by atoms with E-state index < -0.39 is 0 Å². The second kappa shape index (κ2) is 9.33. The van der Waals surface area contributed by atoms with Gasteiger partial charge in [0.05, 0.1) is 23.5 Å². The number of hydrogen-bond donors (Lipinski definition) is 0. The van der Waals surface area contributed by atoms with Crippen molar-refractivity contribution < 1.29 is 0 Å². The van der Waals surface area contributed by atoms with Gasteiger partial charge >= 0.3 is 0 Å². The molecular formula is C24H35N5. The SMILES string of the molecule is Cc1cccnc1C1CCCC(c2ncccc2C)N1CCN1CCN(C)CC1. The van der Waals surface area contributed by atoms with Crippen LogP contribution in [-0.2, 0) is 0 Å². The van der Waals surface area contributed by atoms with Crippen molar-refractivity contribution in [1.82, 2.24) is 24.7 Å². The van der Waals surface area contributed by atoms with Crippen LogP contribution in [0.2, 0.25) is 0 Å². The summed E-state index contributed by atoms with van der Waals surface area (Å²) in [7, 11) is 2.22. The predicted octanol–water partition coefficient (Wildman–Crippen LogP) is 3.61. The second-order valence-corrected chi connectivity index (χ2v) is 8.76. The normalized spacial score (nSPS) is 24.7. The number of piperazine rings is 1. The van der Waals surface area contributed by atoms with E-state index >= 15 is 0 Å². The zero-order chi connectivity index (χ0) is 20.2. The minimum Gasteiger partial charge on any atom is -0.304 e. The van der Waals surface area contributed by atoms with E-state index in [-0.39, 0.29) is 0 Å². The van der Waals surface area contributed by atoms with Crippen molar-refractivity contribution >= 4 is 0 Å². The molecule has 4 heterocycles. The molecular weight excluding hydrogens is 358 g/mol. The van der Waals surface area contributed by atoms with E-state index in [9.17, 15) is 0 Å². The summed E-state index contributed by atoms with van der Waals surface area (Å²) >= 11 is 0. The van der Waals surface area contributed by atoms with Gasteiger partial charge in [0.25, 0.3) is 0 Å². The molecule has 2 aliphatic rings. The van der Waals surface area contributed by atoms with Gasteiger partial charge in [0.2, 0.25) is 0 Å². The molecule has 2 aromatic heterocycles. The number of piperidine rings is 1. The molecule has 2 aliphatic heterocycles. The topological polar surface area (TPSA) is 35.5 Å². The van der Waals surface area contributed by atoms with Crippen LogP contribution in [0.3, 0.4) is 0 Å². The van der Waals surface area contributed by atoms with E-state index in [0.717, 1.165) is 13.1 Å². The summed E-state index contributed by atoms with van der Waals surface area (Å²) in [6.45, 7) is 11.3. The highest BCUT2D eigenvalue weighted by atomic mass is 15.3. The van der Waals surface area contributed by atoms with Gasteiger partial charge in [0.1, 0.15) is 0 Å². The van der Waals surface area contributed by atoms with Crippen LogP contribution in [0.5, 0.6) is 0 Å². The Morgan fingerprint density at radius 1 is 0.828 bits per heavy atom. The number of aromatic nitrogens is 2. The van der Waals surface area contributed by atoms with E-state index in [0.29, 0.717) is 12.1 Å². The number of nitrogens with zero attached hydrogens (tertiary/aromatic N) is 5. The van der Waals surface area contributed by atoms with Crippen LogP contribution in [0.1, 0.15) is 53.9 Å². The minimum atomic E-state index is 0.379. The van der Waals surface area contributed by atoms with Crippen LogP contribution in [-0.4, -0.2) is 71.0 Å². The smallest absolute Gasteiger partial charge is 0.0604 e. The van der Waals surface area contributed by atoms with E-state index in [1.807, 2.05) is 12.4 Å². The lowest BCUT2D eigenvalue weighted by Gasteiger charge is -2.44. The van der Waals surface area contributed by atoms with Crippen molar-refractivity contribution in [1.29, 1.82) is 0 Å². The summed E-state index contributed by atoms with van der Waals surface area (Å²) in [5, 5.41) is 0. The van der Waals surface area contributed by atoms with E-state index in [2.05, 4.69) is 59.9 Å². The molecule has 2 atom stereocenters. The molecule has 29 heavy (non-hydrogen) atoms. The average molecular weight is 394 g/mol. The zero-order valence-corrected chi connectivity index (χ0v) is 18.2. The molecule has 5 heteroatoms. The zero-order valence-electron chi connectivity index (χ0n) is 18.2. The third-order valence-electron chi connectivity index (χ3n) is 6.76. The molecule has 5 nitrogen and oxygen atoms in total. The molecule has 0 bridgehead atoms. The summed E-state index contributed by atoms with van der Waals surface area (Å²) < 4.78 is 0. The van der Waals surface area contributed by atoms with Gasteiger partial charge in [-0.2, -0.15) is 0 Å². The van der Waals surface area contributed by atoms with Crippen LogP contribution in [0.25, 0.3) is 0 Å². The summed E-state index contributed by atoms with van der Waals surface area (Å²) in [4.78, 5) is 17.4. The number of likely N-dealkylation sites (N-methyl/N-ethyl adjacent to an activating group) is 1. The second-order valence-electron chi connectivity index (χ2n) is 8.76. The van der Waals surface area contributed by atoms with Crippen molar-refractivity contribution in [3.05, 3.63) is 59.2 Å². The summed E-state index contributed by atoms with van der Waals surface area (Å²) in [6.07, 6.45) is 7.51. The Morgan fingerprint density at radius 2 is 1.38 bits per heavy atom. The number of hydrogen-bond acceptors (Lipinski definition) is 5. The maximum atomic E-state index is 4.83. The molecule has 2 saturated heterocycles. The lowest BCUT2D eigenvalue weighted by Crippen LogP contribution is -2.48. The van der Waals surface area contributed by atoms with Crippen molar-refractivity contribution in [3.63, 3.8) is 0 Å². The first-order chi connectivity index (χ1) is 14.1. The molecule has 0 saturated carbocycles. The molecule has 2 unspecified atom stereocenters. The van der Waals surface area contributed by atoms with Gasteiger partial charge in [-0.3, -0.25) is 19.8 Å². The number of likely N-dealkylation sites (tertiary alicyclic amines) is 1. The third kappa shape index (κ3) is 4.68. The lowest BCUT2D eigenvalue weighted by molar-refractivity contribution is 0.0549. The molecule has 0 amide bonds. The van der Waals surface area contributed by atoms with Crippen molar-refractivity contribution in [2.45, 2.75) is 45.2 Å². The Bertz CT molecular complexity index is 746. The predicted molar refractivity (Wildman–Crippen MR) is 118 cm³/mol. The Morgan fingerprint density at radius 3 is 1.90 bits per heavy atom. The summed E-state index contributed by atoms with van der Waals surface area (Å²) in [5.74, 6) is 0. The third-order valence-corrected chi connectivity index (χ3v) is 6.76. The van der Waals surface area contributed by atoms with Crippen LogP contribution in [0.15, 0.2) is 36.7 Å². The number of pyridine rings is 2. The maximum absolute atomic E-state index is 4.83. The van der Waals surface area contributed by atoms with Gasteiger partial charge in [-0.05, 0) is 63.4 Å². The highest BCUT2D eigenvalue weighted by molar-refractivity contribution is 5.26. The quantitative estimate of drug-likeness (QED) is 0.775. The molecule has 0 radical (unpaired) electrons. The van der Waals surface area contributed by atoms with Crippen LogP contribution >= 0.6 is 0 Å². The fourth-order valence-corrected chi connectivity index (χ4v) is 4.97. The highest BCUT2D eigenvalue weighted by Crippen LogP contribution is 2.41. The van der Waals surface area contributed by atoms with Gasteiger partial charge in [0, 0.05) is 51.7 Å². The maximum Gasteiger partial charge on any atom is 0.0604 e. The van der Waals surface area contributed by atoms with Gasteiger partial charge in [-0.1, -0.05) is 12.1 Å². The van der Waals surface area contributed by atoms with Crippen LogP contribution in [0, 0.1) is 13.8 Å². The molecule has 0 aliphatic carbocycles. The lowest BCUT2D eigenvalue weighted by atomic mass is 9.89. The van der Waals surface area contributed by atoms with E-state index in [1.165, 1.54) is 68.0 Å². The van der Waals surface area contributed by atoms with Crippen molar-refractivity contribution in [2.24, 2.45) is 0 Å². The molecule has 4 rings (SSSR count). The van der Waals surface area contributed by atoms with Crippen LogP contribution < -0.4 is 0 Å². The van der Waals surface area contributed by atoms with Crippen molar-refractivity contribution in [3.8, 4) is 0 Å². The van der Waals surface area contributed by atoms with E-state index in [1.54, 1.807) is 0 Å². The summed E-state index contributed by atoms with van der Waals surface area (Å²) in [6, 6.07) is 9.27. The first kappa shape index (κ1) is 20.5. The standard InChI is InChI=1S/C24H35N5/c1-19-7-5-11-25-23(19)21-9-4-10-22(24-20(2)8-6-12-26-24)29(21)18-17-28-15-13-27(3)14-16-28/h5-8,11-12,21-22H,4,9-10,13-18H2,1-3H3. The largest absolute Gasteiger partial charge is 0.304 e. The Kier molecular flexibility index (Phi) is 6.58. The van der Waals surface area contributed by atoms with Gasteiger partial charge in [-0.15, -0.1) is 0 Å². The molecule has 0 spiro atoms. The first-order valence-corrected chi connectivity index (χ1v) is 11.1. The first-order valence-electron chi connectivity index (χ1n) is 11.1. The number of aryl methyl sites for hydroxylation is 2. The van der Waals surface area contributed by atoms with E-state index in [4.69, 9.17) is 9.97 Å².